The summed E-state index contributed by atoms with van der Waals surface area (Å²) in [5.41, 5.74) is 0. The summed E-state index contributed by atoms with van der Waals surface area (Å²) < 4.78 is 12.7. The highest BCUT2D eigenvalue weighted by Gasteiger charge is 2.04. The lowest BCUT2D eigenvalue weighted by Gasteiger charge is -1.98. The van der Waals surface area contributed by atoms with E-state index in [0.717, 1.165) is 0 Å². The molecule has 1 aromatic rings. The van der Waals surface area contributed by atoms with E-state index in [4.69, 9.17) is 5.11 Å². The summed E-state index contributed by atoms with van der Waals surface area (Å²) in [5, 5.41) is 9.03. The molecule has 0 heterocycles. The predicted octanol–water partition coefficient (Wildman–Crippen LogP) is 2.97. The molecule has 54 valence electrons. The molecular weight excluding hydrogens is 266 g/mol. The molecular formula is C6H4FIOS. The monoisotopic (exact) mass is 270 g/mol. The predicted molar refractivity (Wildman–Crippen MR) is 47.9 cm³/mol. The van der Waals surface area contributed by atoms with Crippen LogP contribution in [0.2, 0.25) is 0 Å². The van der Waals surface area contributed by atoms with Gasteiger partial charge in [-0.25, -0.2) is 4.39 Å². The van der Waals surface area contributed by atoms with E-state index in [0.29, 0.717) is 4.90 Å². The number of hydrogen-bond acceptors (Lipinski definition) is 2. The SMILES string of the molecule is Oc1cccc(F)c1SI. The molecule has 1 N–H and O–H groups in total. The number of benzene rings is 1. The summed E-state index contributed by atoms with van der Waals surface area (Å²) in [6.45, 7) is 0. The average molecular weight is 270 g/mol. The fourth-order valence-corrected chi connectivity index (χ4v) is 2.17. The molecule has 0 radical (unpaired) electrons. The minimum absolute atomic E-state index is 0.000556. The van der Waals surface area contributed by atoms with Crippen LogP contribution < -0.4 is 0 Å². The second-order valence-corrected chi connectivity index (χ2v) is 3.55. The smallest absolute Gasteiger partial charge is 0.141 e. The Hall–Kier alpha value is 0.0300. The molecule has 0 amide bonds. The minimum atomic E-state index is -0.376. The molecule has 0 unspecified atom stereocenters. The number of phenols is 1. The van der Waals surface area contributed by atoms with Crippen LogP contribution in [0.1, 0.15) is 0 Å². The summed E-state index contributed by atoms with van der Waals surface area (Å²) in [6, 6.07) is 4.26. The molecule has 0 aliphatic rings. The Morgan fingerprint density at radius 1 is 1.50 bits per heavy atom. The van der Waals surface area contributed by atoms with Crippen LogP contribution in [-0.4, -0.2) is 5.11 Å². The number of halogens is 2. The van der Waals surface area contributed by atoms with E-state index >= 15 is 0 Å². The van der Waals surface area contributed by atoms with Crippen LogP contribution in [0.3, 0.4) is 0 Å². The zero-order valence-electron chi connectivity index (χ0n) is 4.84. The van der Waals surface area contributed by atoms with E-state index in [1.165, 1.54) is 27.1 Å². The normalized spacial score (nSPS) is 9.80. The van der Waals surface area contributed by atoms with E-state index in [9.17, 15) is 4.39 Å². The maximum absolute atomic E-state index is 12.7. The zero-order chi connectivity index (χ0) is 7.56. The Bertz CT molecular complexity index is 221. The molecule has 1 rings (SSSR count). The van der Waals surface area contributed by atoms with Crippen molar-refractivity contribution in [2.45, 2.75) is 4.90 Å². The molecule has 0 aromatic heterocycles. The summed E-state index contributed by atoms with van der Waals surface area (Å²) in [5.74, 6) is -0.376. The van der Waals surface area contributed by atoms with Gasteiger partial charge in [-0.2, -0.15) is 0 Å². The summed E-state index contributed by atoms with van der Waals surface area (Å²) >= 11 is 1.92. The van der Waals surface area contributed by atoms with E-state index in [1.54, 1.807) is 0 Å². The van der Waals surface area contributed by atoms with E-state index in [-0.39, 0.29) is 11.6 Å². The third-order valence-corrected chi connectivity index (χ3v) is 2.90. The van der Waals surface area contributed by atoms with Gasteiger partial charge >= 0.3 is 0 Å². The van der Waals surface area contributed by atoms with Crippen molar-refractivity contribution in [3.8, 4) is 5.75 Å². The second-order valence-electron chi connectivity index (χ2n) is 1.67. The van der Waals surface area contributed by atoms with Gasteiger partial charge in [0.1, 0.15) is 11.6 Å². The fraction of sp³-hybridized carbons (Fsp3) is 0. The maximum Gasteiger partial charge on any atom is 0.141 e. The lowest BCUT2D eigenvalue weighted by Crippen LogP contribution is -1.77. The van der Waals surface area contributed by atoms with Crippen molar-refractivity contribution < 1.29 is 9.50 Å². The van der Waals surface area contributed by atoms with E-state index in [2.05, 4.69) is 0 Å². The first-order chi connectivity index (χ1) is 4.75. The Balaban J connectivity index is 3.17. The standard InChI is InChI=1S/C6H4FIOS/c7-4-2-1-3-5(9)6(4)10-8/h1-3,9H. The van der Waals surface area contributed by atoms with Gasteiger partial charge < -0.3 is 5.11 Å². The van der Waals surface area contributed by atoms with Crippen molar-refractivity contribution in [1.29, 1.82) is 0 Å². The van der Waals surface area contributed by atoms with Gasteiger partial charge in [-0.05, 0) is 21.1 Å². The van der Waals surface area contributed by atoms with Gasteiger partial charge in [0.25, 0.3) is 0 Å². The van der Waals surface area contributed by atoms with Gasteiger partial charge in [-0.15, -0.1) is 0 Å². The van der Waals surface area contributed by atoms with Crippen molar-refractivity contribution in [2.24, 2.45) is 0 Å². The molecule has 0 fully saturated rings. The Kier molecular flexibility index (Phi) is 2.79. The molecule has 0 spiro atoms. The Morgan fingerprint density at radius 2 is 2.20 bits per heavy atom. The minimum Gasteiger partial charge on any atom is -0.507 e. The van der Waals surface area contributed by atoms with Gasteiger partial charge in [-0.3, -0.25) is 0 Å². The Morgan fingerprint density at radius 3 is 2.60 bits per heavy atom. The molecule has 4 heteroatoms. The van der Waals surface area contributed by atoms with E-state index in [1.807, 2.05) is 21.2 Å². The van der Waals surface area contributed by atoms with Crippen molar-refractivity contribution >= 4 is 30.1 Å². The zero-order valence-corrected chi connectivity index (χ0v) is 7.82. The highest BCUT2D eigenvalue weighted by molar-refractivity contribution is 14.2. The van der Waals surface area contributed by atoms with E-state index < -0.39 is 0 Å². The summed E-state index contributed by atoms with van der Waals surface area (Å²) in [7, 11) is 1.17. The van der Waals surface area contributed by atoms with Crippen molar-refractivity contribution in [1.82, 2.24) is 0 Å². The van der Waals surface area contributed by atoms with Crippen LogP contribution >= 0.6 is 30.1 Å². The number of phenolic OH excluding ortho intramolecular Hbond substituents is 1. The maximum atomic E-state index is 12.7. The van der Waals surface area contributed by atoms with Gasteiger partial charge in [0.15, 0.2) is 0 Å². The van der Waals surface area contributed by atoms with Crippen LogP contribution in [0.4, 0.5) is 4.39 Å². The molecule has 1 nitrogen and oxygen atoms in total. The van der Waals surface area contributed by atoms with Crippen LogP contribution in [-0.2, 0) is 0 Å². The second kappa shape index (κ2) is 3.43. The largest absolute Gasteiger partial charge is 0.507 e. The number of hydrogen-bond donors (Lipinski definition) is 1. The molecule has 0 aliphatic carbocycles. The first kappa shape index (κ1) is 8.13. The highest BCUT2D eigenvalue weighted by Crippen LogP contribution is 2.34. The fourth-order valence-electron chi connectivity index (χ4n) is 0.574. The molecule has 0 saturated carbocycles. The summed E-state index contributed by atoms with van der Waals surface area (Å²) in [4.78, 5) is 0.295. The van der Waals surface area contributed by atoms with Crippen LogP contribution in [0.15, 0.2) is 23.1 Å². The van der Waals surface area contributed by atoms with Crippen LogP contribution in [0, 0.1) is 5.82 Å². The highest BCUT2D eigenvalue weighted by atomic mass is 127. The molecule has 0 atom stereocenters. The molecule has 10 heavy (non-hydrogen) atoms. The van der Waals surface area contributed by atoms with Crippen molar-refractivity contribution in [2.75, 3.05) is 0 Å². The lowest BCUT2D eigenvalue weighted by atomic mass is 10.3. The van der Waals surface area contributed by atoms with Gasteiger partial charge in [0.2, 0.25) is 0 Å². The molecule has 0 saturated heterocycles. The first-order valence-corrected chi connectivity index (χ1v) is 5.87. The molecule has 0 aliphatic heterocycles. The third kappa shape index (κ3) is 1.54. The summed E-state index contributed by atoms with van der Waals surface area (Å²) in [6.07, 6.45) is 0. The average Bonchev–Trinajstić information content (AvgIpc) is 1.88. The van der Waals surface area contributed by atoms with Crippen LogP contribution in [0.5, 0.6) is 5.75 Å². The molecule has 1 aromatic carbocycles. The topological polar surface area (TPSA) is 20.2 Å². The quantitative estimate of drug-likeness (QED) is 0.792. The van der Waals surface area contributed by atoms with Gasteiger partial charge in [0.05, 0.1) is 4.90 Å². The Labute approximate surface area is 74.2 Å². The number of aromatic hydroxyl groups is 1. The lowest BCUT2D eigenvalue weighted by molar-refractivity contribution is 0.450. The van der Waals surface area contributed by atoms with Gasteiger partial charge in [-0.1, -0.05) is 6.07 Å². The van der Waals surface area contributed by atoms with Crippen LogP contribution in [0.25, 0.3) is 0 Å². The molecule has 0 bridgehead atoms. The van der Waals surface area contributed by atoms with Crippen molar-refractivity contribution in [3.05, 3.63) is 24.0 Å². The third-order valence-electron chi connectivity index (χ3n) is 1.02. The number of rotatable bonds is 1. The van der Waals surface area contributed by atoms with Gasteiger partial charge in [0, 0.05) is 21.2 Å². The van der Waals surface area contributed by atoms with Crippen molar-refractivity contribution in [3.63, 3.8) is 0 Å². The first-order valence-electron chi connectivity index (χ1n) is 2.52.